The maximum absolute atomic E-state index is 12.9. The highest BCUT2D eigenvalue weighted by Gasteiger charge is 2.14. The van der Waals surface area contributed by atoms with Crippen molar-refractivity contribution in [2.75, 3.05) is 0 Å². The van der Waals surface area contributed by atoms with Crippen LogP contribution in [0.25, 0.3) is 0 Å². The number of aromatic nitrogens is 2. The molecule has 0 spiro atoms. The number of halogens is 1. The van der Waals surface area contributed by atoms with Crippen LogP contribution in [0, 0.1) is 12.9 Å². The minimum Gasteiger partial charge on any atom is -0.343 e. The number of pyridine rings is 1. The zero-order valence-corrected chi connectivity index (χ0v) is 10.8. The van der Waals surface area contributed by atoms with Gasteiger partial charge in [0.2, 0.25) is 5.95 Å². The topological polar surface area (TPSA) is 54.9 Å². The Morgan fingerprint density at radius 3 is 2.89 bits per heavy atom. The van der Waals surface area contributed by atoms with E-state index in [0.29, 0.717) is 0 Å². The van der Waals surface area contributed by atoms with E-state index in [9.17, 15) is 9.18 Å². The summed E-state index contributed by atoms with van der Waals surface area (Å²) in [5.74, 6) is -1.00. The highest BCUT2D eigenvalue weighted by atomic mass is 32.1. The number of rotatable bonds is 3. The molecule has 0 radical (unpaired) electrons. The second-order valence-corrected chi connectivity index (χ2v) is 5.14. The molecule has 4 nitrogen and oxygen atoms in total. The van der Waals surface area contributed by atoms with E-state index in [1.165, 1.54) is 23.6 Å². The Labute approximate surface area is 108 Å². The number of hydrogen-bond acceptors (Lipinski definition) is 4. The van der Waals surface area contributed by atoms with Gasteiger partial charge >= 0.3 is 0 Å². The predicted octanol–water partition coefficient (Wildman–Crippen LogP) is 2.48. The van der Waals surface area contributed by atoms with E-state index in [0.717, 1.165) is 16.0 Å². The highest BCUT2D eigenvalue weighted by molar-refractivity contribution is 7.11. The van der Waals surface area contributed by atoms with E-state index in [-0.39, 0.29) is 17.5 Å². The largest absolute Gasteiger partial charge is 0.343 e. The Morgan fingerprint density at radius 1 is 1.50 bits per heavy atom. The van der Waals surface area contributed by atoms with Crippen LogP contribution in [-0.4, -0.2) is 15.9 Å². The molecular formula is C12H12FN3OS. The van der Waals surface area contributed by atoms with Crippen LogP contribution in [0.15, 0.2) is 24.5 Å². The summed E-state index contributed by atoms with van der Waals surface area (Å²) in [6, 6.07) is 2.38. The van der Waals surface area contributed by atoms with E-state index >= 15 is 0 Å². The molecule has 0 aliphatic heterocycles. The molecule has 0 bridgehead atoms. The molecule has 0 aliphatic rings. The Hall–Kier alpha value is -1.82. The average molecular weight is 265 g/mol. The zero-order valence-electron chi connectivity index (χ0n) is 9.98. The summed E-state index contributed by atoms with van der Waals surface area (Å²) in [6.45, 7) is 3.79. The third-order valence-corrected chi connectivity index (χ3v) is 3.44. The molecular weight excluding hydrogens is 253 g/mol. The molecule has 0 saturated carbocycles. The van der Waals surface area contributed by atoms with Crippen LogP contribution in [0.4, 0.5) is 4.39 Å². The monoisotopic (exact) mass is 265 g/mol. The summed E-state index contributed by atoms with van der Waals surface area (Å²) < 4.78 is 12.9. The van der Waals surface area contributed by atoms with Crippen LogP contribution in [0.5, 0.6) is 0 Å². The van der Waals surface area contributed by atoms with Gasteiger partial charge in [0.15, 0.2) is 0 Å². The molecule has 18 heavy (non-hydrogen) atoms. The maximum atomic E-state index is 12.9. The normalized spacial score (nSPS) is 12.2. The summed E-state index contributed by atoms with van der Waals surface area (Å²) in [5, 5.41) is 3.60. The average Bonchev–Trinajstić information content (AvgIpc) is 2.76. The highest BCUT2D eigenvalue weighted by Crippen LogP contribution is 2.19. The number of carbonyl (C=O) groups excluding carboxylic acids is 1. The molecule has 0 aliphatic carbocycles. The van der Waals surface area contributed by atoms with Crippen molar-refractivity contribution in [3.05, 3.63) is 45.9 Å². The van der Waals surface area contributed by atoms with Crippen molar-refractivity contribution in [3.8, 4) is 0 Å². The lowest BCUT2D eigenvalue weighted by atomic mass is 10.2. The molecule has 1 N–H and O–H groups in total. The number of aryl methyl sites for hydroxylation is 1. The first-order chi connectivity index (χ1) is 8.56. The summed E-state index contributed by atoms with van der Waals surface area (Å²) >= 11 is 1.52. The Bertz CT molecular complexity index is 570. The van der Waals surface area contributed by atoms with E-state index in [4.69, 9.17) is 0 Å². The quantitative estimate of drug-likeness (QED) is 0.867. The first-order valence-corrected chi connectivity index (χ1v) is 6.22. The number of nitrogens with zero attached hydrogens (tertiary/aromatic N) is 2. The van der Waals surface area contributed by atoms with E-state index in [2.05, 4.69) is 15.3 Å². The number of nitrogens with one attached hydrogen (secondary N) is 1. The van der Waals surface area contributed by atoms with E-state index in [1.54, 1.807) is 6.20 Å². The van der Waals surface area contributed by atoms with Gasteiger partial charge in [0.05, 0.1) is 6.04 Å². The van der Waals surface area contributed by atoms with E-state index < -0.39 is 5.95 Å². The van der Waals surface area contributed by atoms with Crippen molar-refractivity contribution < 1.29 is 9.18 Å². The molecule has 2 heterocycles. The van der Waals surface area contributed by atoms with Crippen molar-refractivity contribution >= 4 is 17.2 Å². The molecule has 94 valence electrons. The van der Waals surface area contributed by atoms with Gasteiger partial charge in [-0.25, -0.2) is 9.97 Å². The smallest absolute Gasteiger partial charge is 0.252 e. The zero-order chi connectivity index (χ0) is 13.1. The van der Waals surface area contributed by atoms with Crippen LogP contribution >= 0.6 is 11.3 Å². The van der Waals surface area contributed by atoms with Crippen LogP contribution in [0.2, 0.25) is 0 Å². The first kappa shape index (κ1) is 12.6. The van der Waals surface area contributed by atoms with Crippen molar-refractivity contribution in [1.29, 1.82) is 0 Å². The number of amides is 1. The van der Waals surface area contributed by atoms with Gasteiger partial charge in [-0.1, -0.05) is 0 Å². The Kier molecular flexibility index (Phi) is 3.66. The fraction of sp³-hybridized carbons (Fsp3) is 0.250. The molecule has 0 saturated heterocycles. The van der Waals surface area contributed by atoms with Gasteiger partial charge in [-0.15, -0.1) is 11.3 Å². The van der Waals surface area contributed by atoms with Crippen LogP contribution in [0.1, 0.15) is 33.2 Å². The second kappa shape index (κ2) is 5.22. The molecule has 1 unspecified atom stereocenters. The number of carbonyl (C=O) groups is 1. The minimum absolute atomic E-state index is 0.201. The summed E-state index contributed by atoms with van der Waals surface area (Å²) in [4.78, 5) is 20.5. The van der Waals surface area contributed by atoms with Gasteiger partial charge in [0.1, 0.15) is 5.01 Å². The summed E-state index contributed by atoms with van der Waals surface area (Å²) in [7, 11) is 0. The van der Waals surface area contributed by atoms with Crippen molar-refractivity contribution in [2.24, 2.45) is 0 Å². The van der Waals surface area contributed by atoms with Gasteiger partial charge in [-0.3, -0.25) is 4.79 Å². The van der Waals surface area contributed by atoms with Crippen molar-refractivity contribution in [2.45, 2.75) is 19.9 Å². The SMILES string of the molecule is Cc1cnc(C(C)NC(=O)c2ccnc(F)c2)s1. The summed E-state index contributed by atoms with van der Waals surface area (Å²) in [6.07, 6.45) is 3.03. The second-order valence-electron chi connectivity index (χ2n) is 3.87. The lowest BCUT2D eigenvalue weighted by molar-refractivity contribution is 0.0939. The Balaban J connectivity index is 2.08. The first-order valence-electron chi connectivity index (χ1n) is 5.41. The van der Waals surface area contributed by atoms with Gasteiger partial charge in [0, 0.05) is 28.9 Å². The Morgan fingerprint density at radius 2 is 2.28 bits per heavy atom. The maximum Gasteiger partial charge on any atom is 0.252 e. The molecule has 2 aromatic heterocycles. The van der Waals surface area contributed by atoms with Crippen molar-refractivity contribution in [3.63, 3.8) is 0 Å². The molecule has 6 heteroatoms. The lowest BCUT2D eigenvalue weighted by Crippen LogP contribution is -2.26. The molecule has 1 amide bonds. The standard InChI is InChI=1S/C12H12FN3OS/c1-7-6-15-12(18-7)8(2)16-11(17)9-3-4-14-10(13)5-9/h3-6,8H,1-2H3,(H,16,17). The van der Waals surface area contributed by atoms with Gasteiger partial charge in [-0.2, -0.15) is 4.39 Å². The van der Waals surface area contributed by atoms with E-state index in [1.807, 2.05) is 13.8 Å². The van der Waals surface area contributed by atoms with Gasteiger partial charge in [0.25, 0.3) is 5.91 Å². The van der Waals surface area contributed by atoms with Crippen LogP contribution in [-0.2, 0) is 0 Å². The third kappa shape index (κ3) is 2.89. The van der Waals surface area contributed by atoms with Crippen LogP contribution < -0.4 is 5.32 Å². The summed E-state index contributed by atoms with van der Waals surface area (Å²) in [5.41, 5.74) is 0.252. The van der Waals surface area contributed by atoms with Crippen molar-refractivity contribution in [1.82, 2.24) is 15.3 Å². The van der Waals surface area contributed by atoms with Gasteiger partial charge in [-0.05, 0) is 19.9 Å². The third-order valence-electron chi connectivity index (χ3n) is 2.35. The number of thiazole rings is 1. The molecule has 2 rings (SSSR count). The molecule has 0 aromatic carbocycles. The van der Waals surface area contributed by atoms with Gasteiger partial charge < -0.3 is 5.32 Å². The van der Waals surface area contributed by atoms with Crippen LogP contribution in [0.3, 0.4) is 0 Å². The molecule has 2 aromatic rings. The molecule has 1 atom stereocenters. The minimum atomic E-state index is -0.666. The fourth-order valence-corrected chi connectivity index (χ4v) is 2.23. The predicted molar refractivity (Wildman–Crippen MR) is 66.9 cm³/mol. The number of hydrogen-bond donors (Lipinski definition) is 1. The fourth-order valence-electron chi connectivity index (χ4n) is 1.46. The molecule has 0 fully saturated rings. The lowest BCUT2D eigenvalue weighted by Gasteiger charge is -2.10.